The summed E-state index contributed by atoms with van der Waals surface area (Å²) >= 11 is 0. The highest BCUT2D eigenvalue weighted by atomic mass is 19.4. The molecule has 0 saturated carbocycles. The second-order valence-electron chi connectivity index (χ2n) is 3.61. The summed E-state index contributed by atoms with van der Waals surface area (Å²) in [5.41, 5.74) is 0. The summed E-state index contributed by atoms with van der Waals surface area (Å²) in [4.78, 5) is 9.81. The SMILES string of the molecule is C[C@H](NC(F)(F)F)C(=O)O.OCC1COCCN1. The summed E-state index contributed by atoms with van der Waals surface area (Å²) in [5.74, 6) is -1.53. The van der Waals surface area contributed by atoms with Crippen LogP contribution in [-0.2, 0) is 9.53 Å². The molecule has 0 radical (unpaired) electrons. The van der Waals surface area contributed by atoms with Gasteiger partial charge in [0, 0.05) is 6.54 Å². The molecule has 2 atom stereocenters. The van der Waals surface area contributed by atoms with Gasteiger partial charge in [0.2, 0.25) is 0 Å². The topological polar surface area (TPSA) is 90.8 Å². The van der Waals surface area contributed by atoms with Crippen LogP contribution in [0.2, 0.25) is 0 Å². The molecule has 1 aliphatic rings. The second-order valence-corrected chi connectivity index (χ2v) is 3.61. The first kappa shape index (κ1) is 17.1. The zero-order valence-electron chi connectivity index (χ0n) is 9.83. The summed E-state index contributed by atoms with van der Waals surface area (Å²) in [5, 5.41) is 20.5. The summed E-state index contributed by atoms with van der Waals surface area (Å²) in [6.07, 6.45) is -4.63. The van der Waals surface area contributed by atoms with Crippen molar-refractivity contribution in [2.24, 2.45) is 0 Å². The number of morpholine rings is 1. The van der Waals surface area contributed by atoms with Crippen LogP contribution < -0.4 is 10.6 Å². The van der Waals surface area contributed by atoms with Crippen LogP contribution in [0.5, 0.6) is 0 Å². The molecule has 1 fully saturated rings. The van der Waals surface area contributed by atoms with E-state index in [1.165, 1.54) is 0 Å². The van der Waals surface area contributed by atoms with Gasteiger partial charge in [0.25, 0.3) is 0 Å². The van der Waals surface area contributed by atoms with Crippen LogP contribution in [0.25, 0.3) is 0 Å². The number of hydrogen-bond acceptors (Lipinski definition) is 5. The maximum absolute atomic E-state index is 11.3. The highest BCUT2D eigenvalue weighted by Gasteiger charge is 2.31. The van der Waals surface area contributed by atoms with Crippen LogP contribution >= 0.6 is 0 Å². The molecule has 9 heteroatoms. The van der Waals surface area contributed by atoms with E-state index in [1.807, 2.05) is 0 Å². The summed E-state index contributed by atoms with van der Waals surface area (Å²) in [6.45, 7) is 3.38. The first-order valence-electron chi connectivity index (χ1n) is 5.25. The van der Waals surface area contributed by atoms with E-state index in [0.29, 0.717) is 6.61 Å². The van der Waals surface area contributed by atoms with Gasteiger partial charge in [0.05, 0.1) is 25.9 Å². The van der Waals surface area contributed by atoms with Gasteiger partial charge in [0.15, 0.2) is 0 Å². The quantitative estimate of drug-likeness (QED) is 0.520. The maximum atomic E-state index is 11.3. The van der Waals surface area contributed by atoms with Gasteiger partial charge in [-0.05, 0) is 6.92 Å². The summed E-state index contributed by atoms with van der Waals surface area (Å²) < 4.78 is 38.9. The monoisotopic (exact) mass is 274 g/mol. The lowest BCUT2D eigenvalue weighted by molar-refractivity contribution is -0.173. The van der Waals surface area contributed by atoms with E-state index in [2.05, 4.69) is 5.32 Å². The van der Waals surface area contributed by atoms with Crippen molar-refractivity contribution in [3.8, 4) is 0 Å². The molecule has 0 spiro atoms. The van der Waals surface area contributed by atoms with Crippen molar-refractivity contribution in [2.75, 3.05) is 26.4 Å². The Balaban J connectivity index is 0.000000327. The number of aliphatic hydroxyl groups excluding tert-OH is 1. The van der Waals surface area contributed by atoms with Crippen molar-refractivity contribution in [3.05, 3.63) is 0 Å². The third-order valence-electron chi connectivity index (χ3n) is 1.97. The number of carboxylic acids is 1. The molecule has 0 aromatic carbocycles. The van der Waals surface area contributed by atoms with E-state index in [0.717, 1.165) is 25.4 Å². The second kappa shape index (κ2) is 8.25. The van der Waals surface area contributed by atoms with E-state index in [1.54, 1.807) is 0 Å². The number of aliphatic carboxylic acids is 1. The Morgan fingerprint density at radius 1 is 1.61 bits per heavy atom. The molecule has 0 bridgehead atoms. The number of nitrogens with one attached hydrogen (secondary N) is 2. The van der Waals surface area contributed by atoms with Crippen molar-refractivity contribution in [1.82, 2.24) is 10.6 Å². The van der Waals surface area contributed by atoms with Gasteiger partial charge in [-0.1, -0.05) is 0 Å². The van der Waals surface area contributed by atoms with Gasteiger partial charge in [-0.15, -0.1) is 0 Å². The molecule has 1 unspecified atom stereocenters. The van der Waals surface area contributed by atoms with E-state index >= 15 is 0 Å². The van der Waals surface area contributed by atoms with Gasteiger partial charge in [0.1, 0.15) is 6.04 Å². The number of ether oxygens (including phenoxy) is 1. The zero-order valence-corrected chi connectivity index (χ0v) is 9.83. The van der Waals surface area contributed by atoms with E-state index in [9.17, 15) is 18.0 Å². The maximum Gasteiger partial charge on any atom is 0.457 e. The zero-order chi connectivity index (χ0) is 14.2. The lowest BCUT2D eigenvalue weighted by Crippen LogP contribution is -2.43. The number of rotatable bonds is 3. The van der Waals surface area contributed by atoms with Crippen LogP contribution in [0.15, 0.2) is 0 Å². The molecule has 1 aliphatic heterocycles. The van der Waals surface area contributed by atoms with Gasteiger partial charge in [-0.25, -0.2) is 5.32 Å². The highest BCUT2D eigenvalue weighted by Crippen LogP contribution is 2.10. The lowest BCUT2D eigenvalue weighted by atomic mass is 10.3. The van der Waals surface area contributed by atoms with Gasteiger partial charge in [-0.2, -0.15) is 13.2 Å². The van der Waals surface area contributed by atoms with Crippen molar-refractivity contribution in [3.63, 3.8) is 0 Å². The third kappa shape index (κ3) is 9.16. The normalized spacial score (nSPS) is 21.7. The van der Waals surface area contributed by atoms with Crippen LogP contribution in [0, 0.1) is 0 Å². The molecule has 1 saturated heterocycles. The molecule has 1 heterocycles. The van der Waals surface area contributed by atoms with Gasteiger partial charge >= 0.3 is 12.3 Å². The molecule has 108 valence electrons. The molecular formula is C9H17F3N2O4. The van der Waals surface area contributed by atoms with Crippen molar-refractivity contribution in [2.45, 2.75) is 25.3 Å². The Hall–Kier alpha value is -0.900. The summed E-state index contributed by atoms with van der Waals surface area (Å²) in [7, 11) is 0. The minimum Gasteiger partial charge on any atom is -0.480 e. The predicted molar refractivity (Wildman–Crippen MR) is 56.0 cm³/mol. The lowest BCUT2D eigenvalue weighted by Gasteiger charge is -2.21. The predicted octanol–water partition coefficient (Wildman–Crippen LogP) is -0.464. The molecule has 0 amide bonds. The van der Waals surface area contributed by atoms with Gasteiger partial charge < -0.3 is 20.3 Å². The largest absolute Gasteiger partial charge is 0.480 e. The minimum absolute atomic E-state index is 0.170. The van der Waals surface area contributed by atoms with Crippen molar-refractivity contribution in [1.29, 1.82) is 0 Å². The fraction of sp³-hybridized carbons (Fsp3) is 0.889. The molecule has 1 rings (SSSR count). The summed E-state index contributed by atoms with van der Waals surface area (Å²) in [6, 6.07) is -1.43. The van der Waals surface area contributed by atoms with E-state index in [4.69, 9.17) is 14.9 Å². The smallest absolute Gasteiger partial charge is 0.457 e. The van der Waals surface area contributed by atoms with Crippen LogP contribution in [0.3, 0.4) is 0 Å². The fourth-order valence-electron chi connectivity index (χ4n) is 1.04. The van der Waals surface area contributed by atoms with Crippen molar-refractivity contribution < 1.29 is 32.9 Å². The number of hydrogen-bond donors (Lipinski definition) is 4. The Kier molecular flexibility index (Phi) is 7.83. The standard InChI is InChI=1S/C5H11NO2.C4H6F3NO2/c7-3-5-4-8-2-1-6-5;1-2(3(9)10)8-4(5,6)7/h5-7H,1-4H2;2,8H,1H3,(H,9,10)/t;2-/m.0/s1. The molecular weight excluding hydrogens is 257 g/mol. The average molecular weight is 274 g/mol. The van der Waals surface area contributed by atoms with E-state index < -0.39 is 18.3 Å². The first-order valence-corrected chi connectivity index (χ1v) is 5.25. The first-order chi connectivity index (χ1) is 8.26. The minimum atomic E-state index is -4.63. The Morgan fingerprint density at radius 2 is 2.22 bits per heavy atom. The Labute approximate surface area is 102 Å². The van der Waals surface area contributed by atoms with Gasteiger partial charge in [-0.3, -0.25) is 4.79 Å². The molecule has 0 aliphatic carbocycles. The molecule has 18 heavy (non-hydrogen) atoms. The number of alkyl halides is 3. The molecule has 6 nitrogen and oxygen atoms in total. The number of aliphatic hydroxyl groups is 1. The molecule has 0 aromatic heterocycles. The Bertz CT molecular complexity index is 244. The number of halogens is 3. The van der Waals surface area contributed by atoms with Crippen molar-refractivity contribution >= 4 is 5.97 Å². The number of carboxylic acid groups (broad SMARTS) is 1. The third-order valence-corrected chi connectivity index (χ3v) is 1.97. The van der Waals surface area contributed by atoms with Crippen LogP contribution in [0.1, 0.15) is 6.92 Å². The molecule has 4 N–H and O–H groups in total. The number of carbonyl (C=O) groups is 1. The Morgan fingerprint density at radius 3 is 2.44 bits per heavy atom. The van der Waals surface area contributed by atoms with Crippen LogP contribution in [0.4, 0.5) is 13.2 Å². The average Bonchev–Trinajstić information content (AvgIpc) is 2.28. The molecule has 0 aromatic rings. The van der Waals surface area contributed by atoms with Crippen LogP contribution in [-0.4, -0.2) is 60.9 Å². The fourth-order valence-corrected chi connectivity index (χ4v) is 1.04. The van der Waals surface area contributed by atoms with E-state index in [-0.39, 0.29) is 12.6 Å². The highest BCUT2D eigenvalue weighted by molar-refractivity contribution is 5.72.